The van der Waals surface area contributed by atoms with Crippen LogP contribution in [0.5, 0.6) is 0 Å². The lowest BCUT2D eigenvalue weighted by molar-refractivity contribution is -0.139. The van der Waals surface area contributed by atoms with Gasteiger partial charge in [0.1, 0.15) is 0 Å². The molecule has 16 heavy (non-hydrogen) atoms. The third-order valence-corrected chi connectivity index (χ3v) is 2.65. The Balaban J connectivity index is 2.48. The summed E-state index contributed by atoms with van der Waals surface area (Å²) in [4.78, 5) is 10.6. The second-order valence-electron chi connectivity index (χ2n) is 3.83. The molecular weight excluding hydrogens is 206 g/mol. The molecule has 2 N–H and O–H groups in total. The number of para-hydroxylation sites is 1. The molecule has 2 rings (SSSR count). The van der Waals surface area contributed by atoms with Gasteiger partial charge in [0.25, 0.3) is 0 Å². The standard InChI is InChI=1S/C12H13NO3/c1-13-7-9(11(14)6-12(15)16)8-4-2-3-5-10(8)13/h2-5,7,11,14H,6H2,1H3,(H,15,16)/t11-/m1/s1. The fraction of sp³-hybridized carbons (Fsp3) is 0.250. The van der Waals surface area contributed by atoms with Crippen molar-refractivity contribution in [1.82, 2.24) is 4.57 Å². The maximum atomic E-state index is 10.6. The van der Waals surface area contributed by atoms with Gasteiger partial charge in [-0.2, -0.15) is 0 Å². The van der Waals surface area contributed by atoms with E-state index < -0.39 is 12.1 Å². The molecule has 0 unspecified atom stereocenters. The summed E-state index contributed by atoms with van der Waals surface area (Å²) in [6, 6.07) is 7.61. The number of carboxylic acid groups (broad SMARTS) is 1. The minimum atomic E-state index is -1.000. The van der Waals surface area contributed by atoms with Gasteiger partial charge in [0.2, 0.25) is 0 Å². The number of rotatable bonds is 3. The van der Waals surface area contributed by atoms with E-state index in [0.717, 1.165) is 10.9 Å². The summed E-state index contributed by atoms with van der Waals surface area (Å²) < 4.78 is 1.88. The van der Waals surface area contributed by atoms with Gasteiger partial charge in [-0.05, 0) is 6.07 Å². The van der Waals surface area contributed by atoms with E-state index in [1.54, 1.807) is 6.20 Å². The van der Waals surface area contributed by atoms with Gasteiger partial charge in [-0.1, -0.05) is 18.2 Å². The van der Waals surface area contributed by atoms with Gasteiger partial charge in [-0.15, -0.1) is 0 Å². The molecule has 0 radical (unpaired) electrons. The summed E-state index contributed by atoms with van der Waals surface area (Å²) >= 11 is 0. The van der Waals surface area contributed by atoms with Gasteiger partial charge in [-0.25, -0.2) is 0 Å². The van der Waals surface area contributed by atoms with Crippen LogP contribution in [0.3, 0.4) is 0 Å². The number of fused-ring (bicyclic) bond motifs is 1. The first-order valence-electron chi connectivity index (χ1n) is 5.03. The molecule has 0 spiro atoms. The van der Waals surface area contributed by atoms with Crippen molar-refractivity contribution in [3.8, 4) is 0 Å². The largest absolute Gasteiger partial charge is 0.481 e. The highest BCUT2D eigenvalue weighted by atomic mass is 16.4. The Kier molecular flexibility index (Phi) is 2.66. The van der Waals surface area contributed by atoms with E-state index >= 15 is 0 Å². The van der Waals surface area contributed by atoms with Crippen molar-refractivity contribution in [1.29, 1.82) is 0 Å². The number of aliphatic carboxylic acids is 1. The molecule has 0 aliphatic heterocycles. The number of aliphatic hydroxyl groups excluding tert-OH is 1. The zero-order chi connectivity index (χ0) is 11.7. The predicted molar refractivity (Wildman–Crippen MR) is 60.1 cm³/mol. The monoisotopic (exact) mass is 219 g/mol. The average molecular weight is 219 g/mol. The van der Waals surface area contributed by atoms with Crippen LogP contribution >= 0.6 is 0 Å². The Morgan fingerprint density at radius 2 is 2.12 bits per heavy atom. The summed E-state index contributed by atoms with van der Waals surface area (Å²) in [7, 11) is 1.87. The predicted octanol–water partition coefficient (Wildman–Crippen LogP) is 1.69. The minimum absolute atomic E-state index is 0.270. The number of benzene rings is 1. The first-order valence-corrected chi connectivity index (χ1v) is 5.03. The Labute approximate surface area is 92.7 Å². The highest BCUT2D eigenvalue weighted by molar-refractivity contribution is 5.84. The molecule has 1 aromatic heterocycles. The lowest BCUT2D eigenvalue weighted by Crippen LogP contribution is -2.04. The van der Waals surface area contributed by atoms with Crippen molar-refractivity contribution in [2.45, 2.75) is 12.5 Å². The molecule has 4 nitrogen and oxygen atoms in total. The summed E-state index contributed by atoms with van der Waals surface area (Å²) in [5, 5.41) is 19.4. The molecule has 84 valence electrons. The zero-order valence-corrected chi connectivity index (χ0v) is 8.92. The lowest BCUT2D eigenvalue weighted by Gasteiger charge is -2.05. The van der Waals surface area contributed by atoms with Crippen LogP contribution in [0.1, 0.15) is 18.1 Å². The molecule has 4 heteroatoms. The van der Waals surface area contributed by atoms with Crippen LogP contribution in [0.25, 0.3) is 10.9 Å². The molecule has 2 aromatic rings. The molecule has 1 heterocycles. The van der Waals surface area contributed by atoms with Crippen LogP contribution in [0.2, 0.25) is 0 Å². The fourth-order valence-electron chi connectivity index (χ4n) is 1.91. The molecule has 0 aliphatic rings. The van der Waals surface area contributed by atoms with Crippen LogP contribution in [-0.2, 0) is 11.8 Å². The lowest BCUT2D eigenvalue weighted by atomic mass is 10.1. The van der Waals surface area contributed by atoms with Gasteiger partial charge in [0.15, 0.2) is 0 Å². The molecular formula is C12H13NO3. The normalized spacial score (nSPS) is 12.9. The first kappa shape index (κ1) is 10.7. The molecule has 0 saturated heterocycles. The highest BCUT2D eigenvalue weighted by Gasteiger charge is 2.16. The van der Waals surface area contributed by atoms with Crippen molar-refractivity contribution in [3.63, 3.8) is 0 Å². The van der Waals surface area contributed by atoms with E-state index in [1.165, 1.54) is 0 Å². The van der Waals surface area contributed by atoms with Gasteiger partial charge >= 0.3 is 5.97 Å². The highest BCUT2D eigenvalue weighted by Crippen LogP contribution is 2.27. The number of carbonyl (C=O) groups is 1. The smallest absolute Gasteiger partial charge is 0.306 e. The Morgan fingerprint density at radius 1 is 1.44 bits per heavy atom. The van der Waals surface area contributed by atoms with Crippen molar-refractivity contribution in [2.75, 3.05) is 0 Å². The Morgan fingerprint density at radius 3 is 2.81 bits per heavy atom. The summed E-state index contributed by atoms with van der Waals surface area (Å²) in [5.74, 6) is -1.000. The number of hydrogen-bond acceptors (Lipinski definition) is 2. The quantitative estimate of drug-likeness (QED) is 0.825. The van der Waals surface area contributed by atoms with Crippen LogP contribution in [0.4, 0.5) is 0 Å². The summed E-state index contributed by atoms with van der Waals surface area (Å²) in [5.41, 5.74) is 1.66. The SMILES string of the molecule is Cn1cc([C@H](O)CC(=O)O)c2ccccc21. The van der Waals surface area contributed by atoms with Gasteiger partial charge in [0.05, 0.1) is 12.5 Å². The van der Waals surface area contributed by atoms with E-state index in [2.05, 4.69) is 0 Å². The summed E-state index contributed by atoms with van der Waals surface area (Å²) in [6.45, 7) is 0. The molecule has 0 fully saturated rings. The van der Waals surface area contributed by atoms with E-state index in [0.29, 0.717) is 5.56 Å². The zero-order valence-electron chi connectivity index (χ0n) is 8.92. The van der Waals surface area contributed by atoms with E-state index in [4.69, 9.17) is 5.11 Å². The first-order chi connectivity index (χ1) is 7.59. The van der Waals surface area contributed by atoms with Crippen molar-refractivity contribution >= 4 is 16.9 Å². The van der Waals surface area contributed by atoms with E-state index in [9.17, 15) is 9.90 Å². The van der Waals surface area contributed by atoms with Gasteiger partial charge in [0, 0.05) is 29.7 Å². The van der Waals surface area contributed by atoms with Gasteiger partial charge < -0.3 is 14.8 Å². The average Bonchev–Trinajstić information content (AvgIpc) is 2.56. The van der Waals surface area contributed by atoms with Crippen LogP contribution in [0.15, 0.2) is 30.5 Å². The van der Waals surface area contributed by atoms with Crippen molar-refractivity contribution < 1.29 is 15.0 Å². The number of carboxylic acids is 1. The van der Waals surface area contributed by atoms with Gasteiger partial charge in [-0.3, -0.25) is 4.79 Å². The molecule has 0 bridgehead atoms. The number of aliphatic hydroxyl groups is 1. The fourth-order valence-corrected chi connectivity index (χ4v) is 1.91. The summed E-state index contributed by atoms with van der Waals surface area (Å²) in [6.07, 6.45) is 0.551. The molecule has 0 amide bonds. The van der Waals surface area contributed by atoms with E-state index in [-0.39, 0.29) is 6.42 Å². The maximum absolute atomic E-state index is 10.6. The number of hydrogen-bond donors (Lipinski definition) is 2. The van der Waals surface area contributed by atoms with Crippen LogP contribution in [-0.4, -0.2) is 20.7 Å². The van der Waals surface area contributed by atoms with Crippen LogP contribution in [0, 0.1) is 0 Å². The second-order valence-corrected chi connectivity index (χ2v) is 3.83. The van der Waals surface area contributed by atoms with Crippen LogP contribution < -0.4 is 0 Å². The number of aromatic nitrogens is 1. The molecule has 0 aliphatic carbocycles. The Hall–Kier alpha value is -1.81. The molecule has 0 saturated carbocycles. The minimum Gasteiger partial charge on any atom is -0.481 e. The molecule has 1 aromatic carbocycles. The number of nitrogens with zero attached hydrogens (tertiary/aromatic N) is 1. The number of aryl methyl sites for hydroxylation is 1. The maximum Gasteiger partial charge on any atom is 0.306 e. The second kappa shape index (κ2) is 3.98. The molecule has 1 atom stereocenters. The van der Waals surface area contributed by atoms with Crippen molar-refractivity contribution in [2.24, 2.45) is 7.05 Å². The third kappa shape index (κ3) is 1.79. The van der Waals surface area contributed by atoms with E-state index in [1.807, 2.05) is 35.9 Å². The third-order valence-electron chi connectivity index (χ3n) is 2.65. The topological polar surface area (TPSA) is 62.5 Å². The Bertz CT molecular complexity index is 530. The van der Waals surface area contributed by atoms with Crippen molar-refractivity contribution in [3.05, 3.63) is 36.0 Å².